The largest absolute Gasteiger partial charge is 0.496 e. The molecule has 0 bridgehead atoms. The van der Waals surface area contributed by atoms with Crippen molar-refractivity contribution in [3.8, 4) is 5.75 Å². The summed E-state index contributed by atoms with van der Waals surface area (Å²) in [5, 5.41) is 7.18. The molecule has 0 aromatic heterocycles. The van der Waals surface area contributed by atoms with Crippen LogP contribution in [0.25, 0.3) is 0 Å². The lowest BCUT2D eigenvalue weighted by atomic mass is 10.0. The first-order valence-corrected chi connectivity index (χ1v) is 14.9. The van der Waals surface area contributed by atoms with Gasteiger partial charge in [0.1, 0.15) is 5.75 Å². The van der Waals surface area contributed by atoms with Gasteiger partial charge in [-0.2, -0.15) is 0 Å². The van der Waals surface area contributed by atoms with Crippen molar-refractivity contribution < 1.29 is 14.3 Å². The average molecular weight is 571 g/mol. The van der Waals surface area contributed by atoms with Gasteiger partial charge < -0.3 is 25.0 Å². The van der Waals surface area contributed by atoms with Crippen molar-refractivity contribution in [2.75, 3.05) is 33.9 Å². The number of benzene rings is 2. The Morgan fingerprint density at radius 2 is 1.83 bits per heavy atom. The minimum atomic E-state index is -0.422. The van der Waals surface area contributed by atoms with Crippen molar-refractivity contribution in [2.24, 2.45) is 5.92 Å². The van der Waals surface area contributed by atoms with Gasteiger partial charge in [0, 0.05) is 36.6 Å². The fourth-order valence-corrected chi connectivity index (χ4v) is 5.33. The fourth-order valence-electron chi connectivity index (χ4n) is 5.33. The SMILES string of the molecule is C=C1C=CC(NCc2ccc(CN3CCC(NCCc4ccccc4)CC3)cc2OC)=C(C(=O)OC)N1/C=C\C(C)C. The molecule has 0 spiro atoms. The Morgan fingerprint density at radius 3 is 2.52 bits per heavy atom. The number of allylic oxidation sites excluding steroid dienone is 3. The second kappa shape index (κ2) is 15.4. The molecule has 0 unspecified atom stereocenters. The molecule has 0 atom stereocenters. The Balaban J connectivity index is 1.33. The normalized spacial score (nSPS) is 16.5. The molecule has 224 valence electrons. The maximum absolute atomic E-state index is 12.8. The molecule has 42 heavy (non-hydrogen) atoms. The summed E-state index contributed by atoms with van der Waals surface area (Å²) in [6.45, 7) is 12.9. The third-order valence-corrected chi connectivity index (χ3v) is 7.75. The van der Waals surface area contributed by atoms with Crippen molar-refractivity contribution in [1.82, 2.24) is 20.4 Å². The summed E-state index contributed by atoms with van der Waals surface area (Å²) < 4.78 is 10.9. The van der Waals surface area contributed by atoms with Crippen LogP contribution in [0, 0.1) is 5.92 Å². The number of rotatable bonds is 13. The molecule has 0 saturated carbocycles. The zero-order chi connectivity index (χ0) is 29.9. The minimum Gasteiger partial charge on any atom is -0.496 e. The van der Waals surface area contributed by atoms with Crippen molar-refractivity contribution in [1.29, 1.82) is 0 Å². The third-order valence-electron chi connectivity index (χ3n) is 7.75. The van der Waals surface area contributed by atoms with Gasteiger partial charge in [-0.1, -0.05) is 69.0 Å². The van der Waals surface area contributed by atoms with Gasteiger partial charge in [0.05, 0.1) is 19.9 Å². The van der Waals surface area contributed by atoms with Crippen LogP contribution in [0.5, 0.6) is 5.75 Å². The van der Waals surface area contributed by atoms with Crippen molar-refractivity contribution in [3.05, 3.63) is 113 Å². The highest BCUT2D eigenvalue weighted by Gasteiger charge is 2.25. The average Bonchev–Trinajstić information content (AvgIpc) is 3.01. The number of ether oxygens (including phenoxy) is 2. The fraction of sp³-hybridized carbons (Fsp3) is 0.400. The summed E-state index contributed by atoms with van der Waals surface area (Å²) in [7, 11) is 3.10. The Kier molecular flexibility index (Phi) is 11.4. The predicted molar refractivity (Wildman–Crippen MR) is 169 cm³/mol. The monoisotopic (exact) mass is 570 g/mol. The maximum atomic E-state index is 12.8. The molecule has 1 saturated heterocycles. The topological polar surface area (TPSA) is 66.1 Å². The minimum absolute atomic E-state index is 0.328. The van der Waals surface area contributed by atoms with Crippen LogP contribution in [-0.2, 0) is 29.0 Å². The van der Waals surface area contributed by atoms with Crippen LogP contribution in [0.2, 0.25) is 0 Å². The molecule has 7 heteroatoms. The molecule has 2 aliphatic heterocycles. The van der Waals surface area contributed by atoms with Gasteiger partial charge in [-0.05, 0) is 74.2 Å². The van der Waals surface area contributed by atoms with Crippen LogP contribution < -0.4 is 15.4 Å². The second-order valence-electron chi connectivity index (χ2n) is 11.3. The van der Waals surface area contributed by atoms with E-state index < -0.39 is 5.97 Å². The maximum Gasteiger partial charge on any atom is 0.357 e. The number of methoxy groups -OCH3 is 2. The molecule has 2 aromatic carbocycles. The van der Waals surface area contributed by atoms with Crippen molar-refractivity contribution in [3.63, 3.8) is 0 Å². The first-order valence-electron chi connectivity index (χ1n) is 14.9. The summed E-state index contributed by atoms with van der Waals surface area (Å²) in [6, 6.07) is 17.7. The van der Waals surface area contributed by atoms with Crippen LogP contribution in [0.1, 0.15) is 43.4 Å². The Morgan fingerprint density at radius 1 is 1.07 bits per heavy atom. The van der Waals surface area contributed by atoms with E-state index in [-0.39, 0.29) is 0 Å². The summed E-state index contributed by atoms with van der Waals surface area (Å²) in [6.07, 6.45) is 11.1. The molecule has 1 fully saturated rings. The van der Waals surface area contributed by atoms with E-state index in [0.717, 1.165) is 56.8 Å². The van der Waals surface area contributed by atoms with Gasteiger partial charge in [-0.3, -0.25) is 4.90 Å². The van der Waals surface area contributed by atoms with E-state index in [2.05, 4.69) is 84.5 Å². The van der Waals surface area contributed by atoms with Crippen LogP contribution >= 0.6 is 0 Å². The van der Waals surface area contributed by atoms with E-state index in [1.807, 2.05) is 24.4 Å². The number of carbonyl (C=O) groups excluding carboxylic acids is 1. The number of likely N-dealkylation sites (tertiary alicyclic amines) is 1. The number of nitrogens with one attached hydrogen (secondary N) is 2. The molecular formula is C35H46N4O3. The van der Waals surface area contributed by atoms with E-state index in [0.29, 0.717) is 35.6 Å². The Hall–Kier alpha value is -3.81. The highest BCUT2D eigenvalue weighted by molar-refractivity contribution is 5.90. The van der Waals surface area contributed by atoms with E-state index >= 15 is 0 Å². The number of esters is 1. The number of carbonyl (C=O) groups is 1. The molecule has 0 amide bonds. The molecule has 2 heterocycles. The number of piperidine rings is 1. The summed E-state index contributed by atoms with van der Waals surface area (Å²) in [5.74, 6) is 0.738. The second-order valence-corrected chi connectivity index (χ2v) is 11.3. The smallest absolute Gasteiger partial charge is 0.357 e. The zero-order valence-electron chi connectivity index (χ0n) is 25.6. The van der Waals surface area contributed by atoms with E-state index in [9.17, 15) is 4.79 Å². The van der Waals surface area contributed by atoms with E-state index in [1.165, 1.54) is 18.2 Å². The summed E-state index contributed by atoms with van der Waals surface area (Å²) in [4.78, 5) is 17.1. The molecular weight excluding hydrogens is 524 g/mol. The van der Waals surface area contributed by atoms with E-state index in [4.69, 9.17) is 9.47 Å². The summed E-state index contributed by atoms with van der Waals surface area (Å²) >= 11 is 0. The molecule has 2 aliphatic rings. The highest BCUT2D eigenvalue weighted by Crippen LogP contribution is 2.26. The van der Waals surface area contributed by atoms with Gasteiger partial charge in [0.15, 0.2) is 5.70 Å². The van der Waals surface area contributed by atoms with Crippen LogP contribution in [-0.4, -0.2) is 55.7 Å². The molecule has 4 rings (SSSR count). The predicted octanol–water partition coefficient (Wildman–Crippen LogP) is 5.52. The molecule has 0 radical (unpaired) electrons. The Labute approximate surface area is 251 Å². The van der Waals surface area contributed by atoms with Gasteiger partial charge in [-0.15, -0.1) is 0 Å². The number of hydrogen-bond donors (Lipinski definition) is 2. The number of hydrogen-bond acceptors (Lipinski definition) is 7. The molecule has 0 aliphatic carbocycles. The molecule has 7 nitrogen and oxygen atoms in total. The van der Waals surface area contributed by atoms with E-state index in [1.54, 1.807) is 12.0 Å². The number of nitrogens with zero attached hydrogens (tertiary/aromatic N) is 2. The lowest BCUT2D eigenvalue weighted by Crippen LogP contribution is -2.42. The molecule has 2 aromatic rings. The first-order chi connectivity index (χ1) is 20.4. The van der Waals surface area contributed by atoms with Gasteiger partial charge in [0.25, 0.3) is 0 Å². The Bertz CT molecular complexity index is 1290. The zero-order valence-corrected chi connectivity index (χ0v) is 25.6. The van der Waals surface area contributed by atoms with Gasteiger partial charge in [-0.25, -0.2) is 4.79 Å². The first kappa shape index (κ1) is 31.1. The highest BCUT2D eigenvalue weighted by atomic mass is 16.5. The quantitative estimate of drug-likeness (QED) is 0.308. The molecule has 2 N–H and O–H groups in total. The van der Waals surface area contributed by atoms with Crippen LogP contribution in [0.4, 0.5) is 0 Å². The van der Waals surface area contributed by atoms with Crippen molar-refractivity contribution in [2.45, 2.75) is 52.2 Å². The lowest BCUT2D eigenvalue weighted by Gasteiger charge is -2.32. The van der Waals surface area contributed by atoms with Gasteiger partial charge >= 0.3 is 5.97 Å². The van der Waals surface area contributed by atoms with Crippen LogP contribution in [0.15, 0.2) is 96.6 Å². The van der Waals surface area contributed by atoms with Crippen LogP contribution in [0.3, 0.4) is 0 Å². The third kappa shape index (κ3) is 8.60. The van der Waals surface area contributed by atoms with Gasteiger partial charge in [0.2, 0.25) is 0 Å². The summed E-state index contributed by atoms with van der Waals surface area (Å²) in [5.41, 5.74) is 5.43. The standard InChI is InChI=1S/C35H46N4O3/c1-26(2)16-22-39-27(3)11-14-32(34(39)35(40)42-5)37-24-30-13-12-29(23-33(30)41-4)25-38-20-17-31(18-21-38)36-19-15-28-9-7-6-8-10-28/h6-14,16,22-23,26,31,36-37H,3,15,17-21,24-25H2,1-2,4-5H3/b22-16-. The van der Waals surface area contributed by atoms with Crippen molar-refractivity contribution >= 4 is 5.97 Å². The lowest BCUT2D eigenvalue weighted by molar-refractivity contribution is -0.137.